The van der Waals surface area contributed by atoms with Crippen LogP contribution < -0.4 is 10.5 Å². The number of methoxy groups -OCH3 is 1. The standard InChI is InChI=1S/C14H22N2O3/c1-11-4-5-12(14(15)16)10-13(11)19-9-8-18-7-3-6-17-2/h4-5,10H,3,6-9H2,1-2H3,(H3,15,16). The molecule has 19 heavy (non-hydrogen) atoms. The van der Waals surface area contributed by atoms with E-state index in [4.69, 9.17) is 25.4 Å². The number of hydrogen-bond donors (Lipinski definition) is 2. The fourth-order valence-electron chi connectivity index (χ4n) is 1.54. The van der Waals surface area contributed by atoms with Crippen molar-refractivity contribution in [3.8, 4) is 5.75 Å². The molecule has 0 heterocycles. The first-order chi connectivity index (χ1) is 9.15. The normalized spacial score (nSPS) is 10.4. The van der Waals surface area contributed by atoms with Gasteiger partial charge in [-0.1, -0.05) is 12.1 Å². The minimum atomic E-state index is 0.0423. The fraction of sp³-hybridized carbons (Fsp3) is 0.500. The van der Waals surface area contributed by atoms with Crippen molar-refractivity contribution in [3.63, 3.8) is 0 Å². The van der Waals surface area contributed by atoms with E-state index in [1.54, 1.807) is 13.2 Å². The van der Waals surface area contributed by atoms with E-state index in [-0.39, 0.29) is 5.84 Å². The first-order valence-electron chi connectivity index (χ1n) is 6.29. The average molecular weight is 266 g/mol. The molecule has 0 saturated heterocycles. The second-order valence-electron chi connectivity index (χ2n) is 4.20. The van der Waals surface area contributed by atoms with Gasteiger partial charge in [-0.15, -0.1) is 0 Å². The lowest BCUT2D eigenvalue weighted by molar-refractivity contribution is 0.0805. The van der Waals surface area contributed by atoms with E-state index in [1.165, 1.54) is 0 Å². The number of aryl methyl sites for hydroxylation is 1. The summed E-state index contributed by atoms with van der Waals surface area (Å²) in [6.45, 7) is 4.35. The Morgan fingerprint density at radius 2 is 2.00 bits per heavy atom. The van der Waals surface area contributed by atoms with Crippen LogP contribution >= 0.6 is 0 Å². The second-order valence-corrected chi connectivity index (χ2v) is 4.20. The van der Waals surface area contributed by atoms with Crippen LogP contribution in [0.4, 0.5) is 0 Å². The summed E-state index contributed by atoms with van der Waals surface area (Å²) in [6.07, 6.45) is 0.884. The van der Waals surface area contributed by atoms with Crippen molar-refractivity contribution in [2.24, 2.45) is 5.73 Å². The zero-order valence-electron chi connectivity index (χ0n) is 11.6. The summed E-state index contributed by atoms with van der Waals surface area (Å²) in [5, 5.41) is 7.40. The molecular weight excluding hydrogens is 244 g/mol. The van der Waals surface area contributed by atoms with Crippen molar-refractivity contribution in [1.29, 1.82) is 5.41 Å². The molecule has 0 fully saturated rings. The average Bonchev–Trinajstić information content (AvgIpc) is 2.39. The smallest absolute Gasteiger partial charge is 0.123 e. The van der Waals surface area contributed by atoms with Gasteiger partial charge in [-0.2, -0.15) is 0 Å². The minimum absolute atomic E-state index is 0.0423. The van der Waals surface area contributed by atoms with E-state index in [1.807, 2.05) is 19.1 Å². The highest BCUT2D eigenvalue weighted by molar-refractivity contribution is 5.95. The summed E-state index contributed by atoms with van der Waals surface area (Å²) in [5.41, 5.74) is 7.13. The predicted molar refractivity (Wildman–Crippen MR) is 75.0 cm³/mol. The Kier molecular flexibility index (Phi) is 6.92. The highest BCUT2D eigenvalue weighted by atomic mass is 16.5. The van der Waals surface area contributed by atoms with Crippen LogP contribution in [0, 0.1) is 12.3 Å². The molecule has 0 spiro atoms. The number of rotatable bonds is 9. The molecule has 5 heteroatoms. The Balaban J connectivity index is 2.32. The summed E-state index contributed by atoms with van der Waals surface area (Å²) in [5.74, 6) is 0.786. The van der Waals surface area contributed by atoms with E-state index < -0.39 is 0 Å². The Labute approximate surface area is 114 Å². The number of nitrogen functional groups attached to an aromatic ring is 1. The van der Waals surface area contributed by atoms with Crippen LogP contribution in [0.1, 0.15) is 17.5 Å². The molecule has 0 saturated carbocycles. The first kappa shape index (κ1) is 15.5. The van der Waals surface area contributed by atoms with Gasteiger partial charge in [-0.3, -0.25) is 5.41 Å². The summed E-state index contributed by atoms with van der Waals surface area (Å²) in [4.78, 5) is 0. The molecular formula is C14H22N2O3. The molecule has 0 bridgehead atoms. The third kappa shape index (κ3) is 5.72. The zero-order chi connectivity index (χ0) is 14.1. The van der Waals surface area contributed by atoms with Gasteiger partial charge in [0.1, 0.15) is 18.2 Å². The van der Waals surface area contributed by atoms with E-state index in [2.05, 4.69) is 0 Å². The molecule has 0 atom stereocenters. The predicted octanol–water partition coefficient (Wildman–Crippen LogP) is 1.71. The van der Waals surface area contributed by atoms with Gasteiger partial charge in [0, 0.05) is 25.9 Å². The highest BCUT2D eigenvalue weighted by Crippen LogP contribution is 2.19. The molecule has 5 nitrogen and oxygen atoms in total. The van der Waals surface area contributed by atoms with Crippen LogP contribution in [0.15, 0.2) is 18.2 Å². The highest BCUT2D eigenvalue weighted by Gasteiger charge is 2.03. The maximum Gasteiger partial charge on any atom is 0.123 e. The summed E-state index contributed by atoms with van der Waals surface area (Å²) in [6, 6.07) is 5.49. The van der Waals surface area contributed by atoms with Crippen LogP contribution in [0.25, 0.3) is 0 Å². The minimum Gasteiger partial charge on any atom is -0.491 e. The number of ether oxygens (including phenoxy) is 3. The molecule has 0 aliphatic rings. The van der Waals surface area contributed by atoms with Crippen molar-refractivity contribution in [3.05, 3.63) is 29.3 Å². The Morgan fingerprint density at radius 1 is 1.21 bits per heavy atom. The maximum atomic E-state index is 7.40. The monoisotopic (exact) mass is 266 g/mol. The van der Waals surface area contributed by atoms with Gasteiger partial charge in [-0.25, -0.2) is 0 Å². The Bertz CT molecular complexity index is 408. The number of hydrogen-bond acceptors (Lipinski definition) is 4. The molecule has 0 aliphatic carbocycles. The van der Waals surface area contributed by atoms with Crippen LogP contribution in [0.5, 0.6) is 5.75 Å². The summed E-state index contributed by atoms with van der Waals surface area (Å²) < 4.78 is 16.0. The number of amidine groups is 1. The lowest BCUT2D eigenvalue weighted by Crippen LogP contribution is -2.12. The molecule has 1 aromatic rings. The van der Waals surface area contributed by atoms with Crippen LogP contribution in [0.3, 0.4) is 0 Å². The molecule has 0 amide bonds. The largest absolute Gasteiger partial charge is 0.491 e. The van der Waals surface area contributed by atoms with Crippen LogP contribution in [-0.4, -0.2) is 39.4 Å². The van der Waals surface area contributed by atoms with Gasteiger partial charge in [0.2, 0.25) is 0 Å². The molecule has 1 aromatic carbocycles. The Hall–Kier alpha value is -1.59. The van der Waals surface area contributed by atoms with Gasteiger partial charge in [0.25, 0.3) is 0 Å². The van der Waals surface area contributed by atoms with Gasteiger partial charge in [0.15, 0.2) is 0 Å². The number of benzene rings is 1. The molecule has 3 N–H and O–H groups in total. The third-order valence-electron chi connectivity index (χ3n) is 2.62. The van der Waals surface area contributed by atoms with Gasteiger partial charge in [0.05, 0.1) is 6.61 Å². The van der Waals surface area contributed by atoms with Crippen LogP contribution in [-0.2, 0) is 9.47 Å². The van der Waals surface area contributed by atoms with E-state index in [0.717, 1.165) is 17.7 Å². The molecule has 1 rings (SSSR count). The quantitative estimate of drug-likeness (QED) is 0.405. The zero-order valence-corrected chi connectivity index (χ0v) is 11.6. The topological polar surface area (TPSA) is 77.6 Å². The second kappa shape index (κ2) is 8.50. The van der Waals surface area contributed by atoms with Crippen molar-refractivity contribution in [2.75, 3.05) is 33.5 Å². The van der Waals surface area contributed by atoms with Gasteiger partial charge >= 0.3 is 0 Å². The van der Waals surface area contributed by atoms with Crippen molar-refractivity contribution < 1.29 is 14.2 Å². The van der Waals surface area contributed by atoms with Crippen LogP contribution in [0.2, 0.25) is 0 Å². The molecule has 0 radical (unpaired) electrons. The molecule has 106 valence electrons. The van der Waals surface area contributed by atoms with Crippen molar-refractivity contribution in [1.82, 2.24) is 0 Å². The lowest BCUT2D eigenvalue weighted by atomic mass is 10.1. The van der Waals surface area contributed by atoms with Gasteiger partial charge in [-0.05, 0) is 25.0 Å². The van der Waals surface area contributed by atoms with E-state index >= 15 is 0 Å². The summed E-state index contributed by atoms with van der Waals surface area (Å²) >= 11 is 0. The Morgan fingerprint density at radius 3 is 2.68 bits per heavy atom. The van der Waals surface area contributed by atoms with Crippen molar-refractivity contribution >= 4 is 5.84 Å². The maximum absolute atomic E-state index is 7.40. The number of nitrogens with one attached hydrogen (secondary N) is 1. The number of nitrogens with two attached hydrogens (primary N) is 1. The fourth-order valence-corrected chi connectivity index (χ4v) is 1.54. The lowest BCUT2D eigenvalue weighted by Gasteiger charge is -2.11. The molecule has 0 unspecified atom stereocenters. The third-order valence-corrected chi connectivity index (χ3v) is 2.62. The molecule has 0 aromatic heterocycles. The van der Waals surface area contributed by atoms with E-state index in [9.17, 15) is 0 Å². The van der Waals surface area contributed by atoms with E-state index in [0.29, 0.717) is 32.0 Å². The first-order valence-corrected chi connectivity index (χ1v) is 6.29. The SMILES string of the molecule is COCCCOCCOc1cc(C(=N)N)ccc1C. The van der Waals surface area contributed by atoms with Gasteiger partial charge < -0.3 is 19.9 Å². The van der Waals surface area contributed by atoms with Crippen molar-refractivity contribution in [2.45, 2.75) is 13.3 Å². The summed E-state index contributed by atoms with van der Waals surface area (Å²) in [7, 11) is 1.67. The molecule has 0 aliphatic heterocycles.